The highest BCUT2D eigenvalue weighted by atomic mass is 32.2. The van der Waals surface area contributed by atoms with Crippen LogP contribution in [0.4, 0.5) is 4.39 Å². The Morgan fingerprint density at radius 1 is 0.833 bits per heavy atom. The molecule has 0 fully saturated rings. The molecule has 0 aliphatic heterocycles. The highest BCUT2D eigenvalue weighted by Gasteiger charge is 1.95. The second kappa shape index (κ2) is 10.4. The number of benzene rings is 1. The molecule has 0 spiro atoms. The monoisotopic (exact) mass is 268 g/mol. The van der Waals surface area contributed by atoms with Crippen molar-refractivity contribution < 1.29 is 4.39 Å². The first kappa shape index (κ1) is 15.6. The van der Waals surface area contributed by atoms with Gasteiger partial charge in [0.1, 0.15) is 5.82 Å². The topological polar surface area (TPSA) is 0 Å². The maximum Gasteiger partial charge on any atom is 0.123 e. The van der Waals surface area contributed by atoms with Crippen molar-refractivity contribution in [1.82, 2.24) is 0 Å². The van der Waals surface area contributed by atoms with E-state index in [0.29, 0.717) is 0 Å². The van der Waals surface area contributed by atoms with Crippen LogP contribution < -0.4 is 0 Å². The van der Waals surface area contributed by atoms with Crippen molar-refractivity contribution in [3.8, 4) is 0 Å². The summed E-state index contributed by atoms with van der Waals surface area (Å²) in [6.45, 7) is 2.26. The lowest BCUT2D eigenvalue weighted by molar-refractivity contribution is 0.586. The van der Waals surface area contributed by atoms with Gasteiger partial charge in [0.15, 0.2) is 0 Å². The maximum atomic E-state index is 12.7. The van der Waals surface area contributed by atoms with E-state index in [1.165, 1.54) is 68.4 Å². The minimum absolute atomic E-state index is 0.147. The molecular formula is C16H25FS. The molecule has 18 heavy (non-hydrogen) atoms. The summed E-state index contributed by atoms with van der Waals surface area (Å²) >= 11 is 1.83. The van der Waals surface area contributed by atoms with Gasteiger partial charge in [-0.05, 0) is 36.4 Å². The van der Waals surface area contributed by atoms with Gasteiger partial charge in [0, 0.05) is 4.90 Å². The molecule has 0 aromatic heterocycles. The average Bonchev–Trinajstić information content (AvgIpc) is 2.39. The van der Waals surface area contributed by atoms with Crippen molar-refractivity contribution in [3.05, 3.63) is 30.1 Å². The largest absolute Gasteiger partial charge is 0.207 e. The van der Waals surface area contributed by atoms with E-state index >= 15 is 0 Å². The Hall–Kier alpha value is -0.500. The van der Waals surface area contributed by atoms with Crippen LogP contribution in [0.25, 0.3) is 0 Å². The van der Waals surface area contributed by atoms with Gasteiger partial charge in [-0.15, -0.1) is 11.8 Å². The van der Waals surface area contributed by atoms with Crippen LogP contribution in [0.15, 0.2) is 29.2 Å². The third kappa shape index (κ3) is 7.75. The zero-order valence-electron chi connectivity index (χ0n) is 11.5. The van der Waals surface area contributed by atoms with E-state index in [9.17, 15) is 4.39 Å². The zero-order valence-corrected chi connectivity index (χ0v) is 12.3. The molecule has 0 radical (unpaired) electrons. The SMILES string of the molecule is CCCCCCCCCCSc1ccc(F)cc1. The van der Waals surface area contributed by atoms with Gasteiger partial charge in [0.05, 0.1) is 0 Å². The number of rotatable bonds is 10. The highest BCUT2D eigenvalue weighted by Crippen LogP contribution is 2.20. The Labute approximate surface area is 115 Å². The summed E-state index contributed by atoms with van der Waals surface area (Å²) in [6.07, 6.45) is 10.9. The first-order valence-electron chi connectivity index (χ1n) is 7.21. The quantitative estimate of drug-likeness (QED) is 0.367. The number of hydrogen-bond acceptors (Lipinski definition) is 1. The van der Waals surface area contributed by atoms with Crippen LogP contribution in [0.5, 0.6) is 0 Å². The molecule has 0 bridgehead atoms. The highest BCUT2D eigenvalue weighted by molar-refractivity contribution is 7.99. The molecule has 102 valence electrons. The summed E-state index contributed by atoms with van der Waals surface area (Å²) < 4.78 is 12.7. The minimum Gasteiger partial charge on any atom is -0.207 e. The van der Waals surface area contributed by atoms with E-state index in [1.54, 1.807) is 0 Å². The van der Waals surface area contributed by atoms with Gasteiger partial charge >= 0.3 is 0 Å². The van der Waals surface area contributed by atoms with Crippen LogP contribution in [-0.2, 0) is 0 Å². The molecule has 1 aromatic carbocycles. The Bertz CT molecular complexity index is 294. The summed E-state index contributed by atoms with van der Waals surface area (Å²) in [4.78, 5) is 1.18. The number of hydrogen-bond donors (Lipinski definition) is 0. The molecule has 0 amide bonds. The fourth-order valence-corrected chi connectivity index (χ4v) is 2.87. The lowest BCUT2D eigenvalue weighted by atomic mass is 10.1. The molecule has 0 saturated carbocycles. The van der Waals surface area contributed by atoms with Crippen LogP contribution >= 0.6 is 11.8 Å². The molecule has 0 saturated heterocycles. The lowest BCUT2D eigenvalue weighted by Crippen LogP contribution is -1.83. The molecule has 0 atom stereocenters. The van der Waals surface area contributed by atoms with Crippen LogP contribution in [0.1, 0.15) is 58.3 Å². The van der Waals surface area contributed by atoms with Gasteiger partial charge in [-0.1, -0.05) is 51.9 Å². The fourth-order valence-electron chi connectivity index (χ4n) is 1.96. The summed E-state index contributed by atoms with van der Waals surface area (Å²) in [5.41, 5.74) is 0. The normalized spacial score (nSPS) is 10.8. The van der Waals surface area contributed by atoms with E-state index in [1.807, 2.05) is 23.9 Å². The Kier molecular flexibility index (Phi) is 9.01. The predicted molar refractivity (Wildman–Crippen MR) is 79.7 cm³/mol. The van der Waals surface area contributed by atoms with Crippen molar-refractivity contribution in [2.45, 2.75) is 63.2 Å². The van der Waals surface area contributed by atoms with Crippen molar-refractivity contribution in [2.75, 3.05) is 5.75 Å². The molecule has 2 heteroatoms. The molecule has 0 heterocycles. The third-order valence-corrected chi connectivity index (χ3v) is 4.18. The standard InChI is InChI=1S/C16H25FS/c1-2-3-4-5-6-7-8-9-14-18-16-12-10-15(17)11-13-16/h10-13H,2-9,14H2,1H3. The number of unbranched alkanes of at least 4 members (excludes halogenated alkanes) is 7. The van der Waals surface area contributed by atoms with Crippen LogP contribution in [0, 0.1) is 5.82 Å². The zero-order chi connectivity index (χ0) is 13.1. The third-order valence-electron chi connectivity index (χ3n) is 3.08. The van der Waals surface area contributed by atoms with Crippen LogP contribution in [0.3, 0.4) is 0 Å². The Morgan fingerprint density at radius 2 is 1.39 bits per heavy atom. The molecule has 0 N–H and O–H groups in total. The smallest absolute Gasteiger partial charge is 0.123 e. The first-order valence-corrected chi connectivity index (χ1v) is 8.20. The summed E-state index contributed by atoms with van der Waals surface area (Å²) in [6, 6.07) is 6.81. The van der Waals surface area contributed by atoms with Gasteiger partial charge in [-0.3, -0.25) is 0 Å². The van der Waals surface area contributed by atoms with Crippen molar-refractivity contribution in [3.63, 3.8) is 0 Å². The average molecular weight is 268 g/mol. The molecule has 0 aliphatic carbocycles. The van der Waals surface area contributed by atoms with E-state index in [2.05, 4.69) is 6.92 Å². The van der Waals surface area contributed by atoms with Crippen LogP contribution in [0.2, 0.25) is 0 Å². The van der Waals surface area contributed by atoms with Gasteiger partial charge in [0.25, 0.3) is 0 Å². The molecule has 0 nitrogen and oxygen atoms in total. The van der Waals surface area contributed by atoms with E-state index in [0.717, 1.165) is 5.75 Å². The predicted octanol–water partition coefficient (Wildman–Crippen LogP) is 6.06. The fraction of sp³-hybridized carbons (Fsp3) is 0.625. The van der Waals surface area contributed by atoms with Gasteiger partial charge in [-0.25, -0.2) is 4.39 Å². The maximum absolute atomic E-state index is 12.7. The molecule has 0 aliphatic rings. The van der Waals surface area contributed by atoms with E-state index in [4.69, 9.17) is 0 Å². The van der Waals surface area contributed by atoms with Crippen LogP contribution in [-0.4, -0.2) is 5.75 Å². The Balaban J connectivity index is 1.91. The second-order valence-electron chi connectivity index (χ2n) is 4.78. The molecule has 1 rings (SSSR count). The van der Waals surface area contributed by atoms with Crippen molar-refractivity contribution in [2.24, 2.45) is 0 Å². The van der Waals surface area contributed by atoms with E-state index < -0.39 is 0 Å². The minimum atomic E-state index is -0.147. The first-order chi connectivity index (χ1) is 8.83. The Morgan fingerprint density at radius 3 is 2.00 bits per heavy atom. The molecule has 0 unspecified atom stereocenters. The van der Waals surface area contributed by atoms with Crippen molar-refractivity contribution in [1.29, 1.82) is 0 Å². The lowest BCUT2D eigenvalue weighted by Gasteiger charge is -2.02. The number of halogens is 1. The number of thioether (sulfide) groups is 1. The summed E-state index contributed by atoms with van der Waals surface area (Å²) in [7, 11) is 0. The summed E-state index contributed by atoms with van der Waals surface area (Å²) in [5.74, 6) is 1.01. The molecule has 1 aromatic rings. The second-order valence-corrected chi connectivity index (χ2v) is 5.95. The molecular weight excluding hydrogens is 243 g/mol. The van der Waals surface area contributed by atoms with Crippen molar-refractivity contribution >= 4 is 11.8 Å². The van der Waals surface area contributed by atoms with E-state index in [-0.39, 0.29) is 5.82 Å². The summed E-state index contributed by atoms with van der Waals surface area (Å²) in [5, 5.41) is 0. The van der Waals surface area contributed by atoms with Gasteiger partial charge < -0.3 is 0 Å². The van der Waals surface area contributed by atoms with Gasteiger partial charge in [-0.2, -0.15) is 0 Å². The van der Waals surface area contributed by atoms with Gasteiger partial charge in [0.2, 0.25) is 0 Å².